The number of furan rings is 1. The summed E-state index contributed by atoms with van der Waals surface area (Å²) >= 11 is 0. The maximum atomic E-state index is 6.18. The second-order valence-corrected chi connectivity index (χ2v) is 6.46. The normalized spacial score (nSPS) is 31.9. The van der Waals surface area contributed by atoms with Crippen molar-refractivity contribution < 1.29 is 4.42 Å². The molecule has 2 rings (SSSR count). The minimum absolute atomic E-state index is 0.123. The summed E-state index contributed by atoms with van der Waals surface area (Å²) in [5.74, 6) is 3.43. The van der Waals surface area contributed by atoms with E-state index < -0.39 is 0 Å². The Hall–Kier alpha value is -0.800. The Bertz CT molecular complexity index is 415. The van der Waals surface area contributed by atoms with Crippen molar-refractivity contribution in [1.82, 2.24) is 4.90 Å². The third-order valence-electron chi connectivity index (χ3n) is 5.01. The summed E-state index contributed by atoms with van der Waals surface area (Å²) in [7, 11) is 2.19. The van der Waals surface area contributed by atoms with E-state index in [-0.39, 0.29) is 5.54 Å². The second-order valence-electron chi connectivity index (χ2n) is 6.46. The predicted molar refractivity (Wildman–Crippen MR) is 78.9 cm³/mol. The van der Waals surface area contributed by atoms with Crippen LogP contribution in [-0.2, 0) is 6.54 Å². The minimum Gasteiger partial charge on any atom is -0.465 e. The lowest BCUT2D eigenvalue weighted by molar-refractivity contribution is 0.00521. The van der Waals surface area contributed by atoms with Crippen LogP contribution >= 0.6 is 0 Å². The Balaban J connectivity index is 2.15. The van der Waals surface area contributed by atoms with Gasteiger partial charge in [0.15, 0.2) is 0 Å². The molecule has 0 bridgehead atoms. The largest absolute Gasteiger partial charge is 0.465 e. The van der Waals surface area contributed by atoms with Gasteiger partial charge in [-0.2, -0.15) is 0 Å². The molecule has 2 N–H and O–H groups in total. The molecular weight excluding hydrogens is 236 g/mol. The molecule has 0 spiro atoms. The smallest absolute Gasteiger partial charge is 0.118 e. The Labute approximate surface area is 117 Å². The molecule has 108 valence electrons. The molecular formula is C16H28N2O. The first-order valence-electron chi connectivity index (χ1n) is 7.44. The number of likely N-dealkylation sites (N-methyl/N-ethyl adjacent to an activating group) is 1. The molecule has 3 atom stereocenters. The zero-order valence-electron chi connectivity index (χ0n) is 12.8. The number of rotatable bonds is 4. The van der Waals surface area contributed by atoms with Crippen molar-refractivity contribution in [2.24, 2.45) is 17.6 Å². The third-order valence-corrected chi connectivity index (χ3v) is 5.01. The first kappa shape index (κ1) is 14.6. The van der Waals surface area contributed by atoms with Crippen LogP contribution in [0.4, 0.5) is 0 Å². The van der Waals surface area contributed by atoms with E-state index in [4.69, 9.17) is 10.2 Å². The van der Waals surface area contributed by atoms with Crippen molar-refractivity contribution in [2.45, 2.75) is 52.1 Å². The van der Waals surface area contributed by atoms with E-state index >= 15 is 0 Å². The van der Waals surface area contributed by atoms with E-state index in [1.165, 1.54) is 19.3 Å². The van der Waals surface area contributed by atoms with Crippen molar-refractivity contribution in [2.75, 3.05) is 13.6 Å². The van der Waals surface area contributed by atoms with Gasteiger partial charge in [-0.1, -0.05) is 20.3 Å². The van der Waals surface area contributed by atoms with E-state index in [1.807, 2.05) is 13.0 Å². The van der Waals surface area contributed by atoms with Gasteiger partial charge in [0, 0.05) is 12.1 Å². The van der Waals surface area contributed by atoms with E-state index in [1.54, 1.807) is 0 Å². The van der Waals surface area contributed by atoms with Gasteiger partial charge in [0.2, 0.25) is 0 Å². The average molecular weight is 264 g/mol. The molecule has 1 aromatic rings. The van der Waals surface area contributed by atoms with Crippen LogP contribution in [0.3, 0.4) is 0 Å². The van der Waals surface area contributed by atoms with E-state index in [2.05, 4.69) is 31.9 Å². The standard InChI is InChI=1S/C16H28N2O/c1-12-5-6-13(2)16(9-12,11-17)18(4)10-15-8-7-14(3)19-15/h7-8,12-13H,5-6,9-11,17H2,1-4H3. The highest BCUT2D eigenvalue weighted by Crippen LogP contribution is 2.40. The van der Waals surface area contributed by atoms with E-state index in [0.717, 1.165) is 30.5 Å². The van der Waals surface area contributed by atoms with Crippen LogP contribution in [0, 0.1) is 18.8 Å². The van der Waals surface area contributed by atoms with E-state index in [9.17, 15) is 0 Å². The van der Waals surface area contributed by atoms with Gasteiger partial charge >= 0.3 is 0 Å². The molecule has 1 heterocycles. The molecule has 1 saturated carbocycles. The minimum atomic E-state index is 0.123. The summed E-state index contributed by atoms with van der Waals surface area (Å²) in [6, 6.07) is 4.11. The fraction of sp³-hybridized carbons (Fsp3) is 0.750. The summed E-state index contributed by atoms with van der Waals surface area (Å²) in [4.78, 5) is 2.42. The Kier molecular flexibility index (Phi) is 4.36. The lowest BCUT2D eigenvalue weighted by atomic mass is 9.69. The molecule has 0 radical (unpaired) electrons. The van der Waals surface area contributed by atoms with Gasteiger partial charge in [-0.25, -0.2) is 0 Å². The molecule has 1 aliphatic rings. The highest BCUT2D eigenvalue weighted by atomic mass is 16.3. The Morgan fingerprint density at radius 1 is 1.37 bits per heavy atom. The van der Waals surface area contributed by atoms with Crippen molar-refractivity contribution in [3.05, 3.63) is 23.7 Å². The van der Waals surface area contributed by atoms with Gasteiger partial charge in [0.05, 0.1) is 6.54 Å². The van der Waals surface area contributed by atoms with Gasteiger partial charge < -0.3 is 10.2 Å². The van der Waals surface area contributed by atoms with Crippen molar-refractivity contribution in [3.63, 3.8) is 0 Å². The topological polar surface area (TPSA) is 42.4 Å². The summed E-state index contributed by atoms with van der Waals surface area (Å²) in [6.45, 7) is 8.27. The average Bonchev–Trinajstić information content (AvgIpc) is 2.77. The zero-order chi connectivity index (χ0) is 14.0. The number of hydrogen-bond donors (Lipinski definition) is 1. The number of hydrogen-bond acceptors (Lipinski definition) is 3. The van der Waals surface area contributed by atoms with Crippen LogP contribution in [0.15, 0.2) is 16.5 Å². The van der Waals surface area contributed by atoms with Crippen molar-refractivity contribution >= 4 is 0 Å². The lowest BCUT2D eigenvalue weighted by Gasteiger charge is -2.50. The Morgan fingerprint density at radius 3 is 2.68 bits per heavy atom. The molecule has 1 aliphatic carbocycles. The first-order chi connectivity index (χ1) is 8.98. The molecule has 0 saturated heterocycles. The van der Waals surface area contributed by atoms with Gasteiger partial charge in [0.1, 0.15) is 11.5 Å². The molecule has 0 aliphatic heterocycles. The van der Waals surface area contributed by atoms with Crippen LogP contribution < -0.4 is 5.73 Å². The fourth-order valence-corrected chi connectivity index (χ4v) is 3.64. The zero-order valence-corrected chi connectivity index (χ0v) is 12.8. The van der Waals surface area contributed by atoms with Gasteiger partial charge in [-0.15, -0.1) is 0 Å². The van der Waals surface area contributed by atoms with Crippen LogP contribution in [0.1, 0.15) is 44.6 Å². The molecule has 3 nitrogen and oxygen atoms in total. The van der Waals surface area contributed by atoms with E-state index in [0.29, 0.717) is 5.92 Å². The SMILES string of the molecule is Cc1ccc(CN(C)C2(CN)CC(C)CCC2C)o1. The molecule has 1 aromatic heterocycles. The maximum Gasteiger partial charge on any atom is 0.118 e. The molecule has 3 heteroatoms. The van der Waals surface area contributed by atoms with Crippen molar-refractivity contribution in [3.8, 4) is 0 Å². The van der Waals surface area contributed by atoms with Gasteiger partial charge in [-0.05, 0) is 50.8 Å². The monoisotopic (exact) mass is 264 g/mol. The summed E-state index contributed by atoms with van der Waals surface area (Å²) < 4.78 is 5.71. The third kappa shape index (κ3) is 2.87. The summed E-state index contributed by atoms with van der Waals surface area (Å²) in [5.41, 5.74) is 6.30. The molecule has 19 heavy (non-hydrogen) atoms. The fourth-order valence-electron chi connectivity index (χ4n) is 3.64. The number of nitrogens with two attached hydrogens (primary N) is 1. The number of aryl methyl sites for hydroxylation is 1. The molecule has 0 amide bonds. The molecule has 3 unspecified atom stereocenters. The van der Waals surface area contributed by atoms with Crippen LogP contribution in [-0.4, -0.2) is 24.0 Å². The highest BCUT2D eigenvalue weighted by molar-refractivity contribution is 5.07. The van der Waals surface area contributed by atoms with Crippen LogP contribution in [0.25, 0.3) is 0 Å². The number of nitrogens with zero attached hydrogens (tertiary/aromatic N) is 1. The maximum absolute atomic E-state index is 6.18. The molecule has 0 aromatic carbocycles. The predicted octanol–water partition coefficient (Wildman–Crippen LogP) is 3.17. The highest BCUT2D eigenvalue weighted by Gasteiger charge is 2.42. The first-order valence-corrected chi connectivity index (χ1v) is 7.44. The van der Waals surface area contributed by atoms with Crippen LogP contribution in [0.2, 0.25) is 0 Å². The lowest BCUT2D eigenvalue weighted by Crippen LogP contribution is -2.58. The molecule has 1 fully saturated rings. The quantitative estimate of drug-likeness (QED) is 0.908. The van der Waals surface area contributed by atoms with Crippen LogP contribution in [0.5, 0.6) is 0 Å². The van der Waals surface area contributed by atoms with Gasteiger partial charge in [-0.3, -0.25) is 4.90 Å². The Morgan fingerprint density at radius 2 is 2.11 bits per heavy atom. The van der Waals surface area contributed by atoms with Gasteiger partial charge in [0.25, 0.3) is 0 Å². The summed E-state index contributed by atoms with van der Waals surface area (Å²) in [6.07, 6.45) is 3.80. The van der Waals surface area contributed by atoms with Crippen molar-refractivity contribution in [1.29, 1.82) is 0 Å². The second kappa shape index (κ2) is 5.68. The summed E-state index contributed by atoms with van der Waals surface area (Å²) in [5, 5.41) is 0.